The largest absolute Gasteiger partial charge is 0.344 e. The van der Waals surface area contributed by atoms with Crippen LogP contribution in [-0.2, 0) is 6.42 Å². The van der Waals surface area contributed by atoms with Crippen molar-refractivity contribution in [3.8, 4) is 0 Å². The van der Waals surface area contributed by atoms with Gasteiger partial charge in [-0.05, 0) is 42.7 Å². The van der Waals surface area contributed by atoms with E-state index < -0.39 is 6.04 Å². The SMILES string of the molecule is O=C(NC(Cc1cc(=O)[nH]c(C2CCC2)n1)c1ccc(F)cc1)c1ccccn1. The minimum atomic E-state index is -0.478. The summed E-state index contributed by atoms with van der Waals surface area (Å²) in [6, 6.07) is 12.0. The molecule has 29 heavy (non-hydrogen) atoms. The summed E-state index contributed by atoms with van der Waals surface area (Å²) in [5, 5.41) is 2.94. The first-order chi connectivity index (χ1) is 14.1. The van der Waals surface area contributed by atoms with Gasteiger partial charge in [0.05, 0.1) is 11.7 Å². The van der Waals surface area contributed by atoms with E-state index in [2.05, 4.69) is 20.3 Å². The van der Waals surface area contributed by atoms with Crippen LogP contribution in [0.5, 0.6) is 0 Å². The van der Waals surface area contributed by atoms with Crippen LogP contribution < -0.4 is 10.9 Å². The van der Waals surface area contributed by atoms with Crippen LogP contribution >= 0.6 is 0 Å². The molecule has 0 saturated heterocycles. The Balaban J connectivity index is 1.62. The lowest BCUT2D eigenvalue weighted by molar-refractivity contribution is 0.0931. The highest BCUT2D eigenvalue weighted by Crippen LogP contribution is 2.34. The molecule has 3 aromatic rings. The zero-order valence-corrected chi connectivity index (χ0v) is 15.8. The molecule has 2 heterocycles. The van der Waals surface area contributed by atoms with Gasteiger partial charge in [0.15, 0.2) is 0 Å². The van der Waals surface area contributed by atoms with Crippen molar-refractivity contribution in [1.82, 2.24) is 20.3 Å². The maximum Gasteiger partial charge on any atom is 0.270 e. The van der Waals surface area contributed by atoms with Crippen LogP contribution in [-0.4, -0.2) is 20.9 Å². The van der Waals surface area contributed by atoms with Gasteiger partial charge in [0.2, 0.25) is 0 Å². The van der Waals surface area contributed by atoms with Crippen molar-refractivity contribution >= 4 is 5.91 Å². The smallest absolute Gasteiger partial charge is 0.270 e. The molecule has 1 unspecified atom stereocenters. The Bertz CT molecular complexity index is 1050. The molecule has 6 nitrogen and oxygen atoms in total. The third kappa shape index (κ3) is 4.56. The van der Waals surface area contributed by atoms with E-state index in [0.29, 0.717) is 17.9 Å². The van der Waals surface area contributed by atoms with Crippen LogP contribution in [0.4, 0.5) is 4.39 Å². The molecule has 7 heteroatoms. The number of carbonyl (C=O) groups excluding carboxylic acids is 1. The Hall–Kier alpha value is -3.35. The lowest BCUT2D eigenvalue weighted by Crippen LogP contribution is -2.31. The quantitative estimate of drug-likeness (QED) is 0.674. The lowest BCUT2D eigenvalue weighted by atomic mass is 9.85. The van der Waals surface area contributed by atoms with Gasteiger partial charge in [-0.1, -0.05) is 24.6 Å². The van der Waals surface area contributed by atoms with E-state index in [1.165, 1.54) is 18.2 Å². The fourth-order valence-corrected chi connectivity index (χ4v) is 3.39. The molecular formula is C22H21FN4O2. The molecule has 1 aliphatic rings. The van der Waals surface area contributed by atoms with Crippen molar-refractivity contribution in [3.05, 3.63) is 93.7 Å². The lowest BCUT2D eigenvalue weighted by Gasteiger charge is -2.25. The fraction of sp³-hybridized carbons (Fsp3) is 0.273. The summed E-state index contributed by atoms with van der Waals surface area (Å²) in [6.07, 6.45) is 5.03. The number of hydrogen-bond donors (Lipinski definition) is 2. The van der Waals surface area contributed by atoms with Crippen molar-refractivity contribution in [2.24, 2.45) is 0 Å². The molecule has 4 rings (SSSR count). The number of benzene rings is 1. The van der Waals surface area contributed by atoms with Gasteiger partial charge < -0.3 is 10.3 Å². The Morgan fingerprint density at radius 2 is 2.00 bits per heavy atom. The number of carbonyl (C=O) groups is 1. The fourth-order valence-electron chi connectivity index (χ4n) is 3.39. The minimum absolute atomic E-state index is 0.203. The van der Waals surface area contributed by atoms with Crippen molar-refractivity contribution in [1.29, 1.82) is 0 Å². The summed E-state index contributed by atoms with van der Waals surface area (Å²) in [5.74, 6) is 0.289. The number of aromatic nitrogens is 3. The second-order valence-electron chi connectivity index (χ2n) is 7.25. The van der Waals surface area contributed by atoms with E-state index in [-0.39, 0.29) is 28.9 Å². The summed E-state index contributed by atoms with van der Waals surface area (Å²) in [6.45, 7) is 0. The van der Waals surface area contributed by atoms with Gasteiger partial charge >= 0.3 is 0 Å². The van der Waals surface area contributed by atoms with Crippen LogP contribution in [0.2, 0.25) is 0 Å². The maximum atomic E-state index is 13.4. The van der Waals surface area contributed by atoms with Crippen LogP contribution in [0.1, 0.15) is 58.8 Å². The zero-order valence-electron chi connectivity index (χ0n) is 15.8. The number of hydrogen-bond acceptors (Lipinski definition) is 4. The van der Waals surface area contributed by atoms with Crippen molar-refractivity contribution in [2.45, 2.75) is 37.6 Å². The van der Waals surface area contributed by atoms with Gasteiger partial charge in [-0.25, -0.2) is 9.37 Å². The first kappa shape index (κ1) is 19.0. The molecule has 2 N–H and O–H groups in total. The van der Waals surface area contributed by atoms with E-state index in [4.69, 9.17) is 0 Å². The summed E-state index contributed by atoms with van der Waals surface area (Å²) >= 11 is 0. The third-order valence-electron chi connectivity index (χ3n) is 5.19. The number of aromatic amines is 1. The number of amides is 1. The summed E-state index contributed by atoms with van der Waals surface area (Å²) in [5.41, 5.74) is 1.40. The highest BCUT2D eigenvalue weighted by atomic mass is 19.1. The number of pyridine rings is 1. The zero-order chi connectivity index (χ0) is 20.2. The molecule has 0 aliphatic heterocycles. The van der Waals surface area contributed by atoms with Gasteiger partial charge in [0.25, 0.3) is 11.5 Å². The topological polar surface area (TPSA) is 87.7 Å². The van der Waals surface area contributed by atoms with E-state index >= 15 is 0 Å². The molecule has 1 fully saturated rings. The molecular weight excluding hydrogens is 371 g/mol. The minimum Gasteiger partial charge on any atom is -0.344 e. The van der Waals surface area contributed by atoms with E-state index in [1.807, 2.05) is 0 Å². The summed E-state index contributed by atoms with van der Waals surface area (Å²) < 4.78 is 13.4. The Morgan fingerprint density at radius 1 is 1.21 bits per heavy atom. The molecule has 1 atom stereocenters. The number of nitrogens with zero attached hydrogens (tertiary/aromatic N) is 2. The normalized spacial score (nSPS) is 14.8. The molecule has 0 bridgehead atoms. The first-order valence-corrected chi connectivity index (χ1v) is 9.66. The Morgan fingerprint density at radius 3 is 2.66 bits per heavy atom. The predicted octanol–water partition coefficient (Wildman–Crippen LogP) is 3.29. The van der Waals surface area contributed by atoms with Crippen LogP contribution in [0.25, 0.3) is 0 Å². The monoisotopic (exact) mass is 392 g/mol. The van der Waals surface area contributed by atoms with E-state index in [9.17, 15) is 14.0 Å². The Kier molecular flexibility index (Phi) is 5.46. The molecule has 0 radical (unpaired) electrons. The summed E-state index contributed by atoms with van der Waals surface area (Å²) in [7, 11) is 0. The van der Waals surface area contributed by atoms with Crippen molar-refractivity contribution < 1.29 is 9.18 Å². The van der Waals surface area contributed by atoms with Gasteiger partial charge in [0, 0.05) is 24.6 Å². The van der Waals surface area contributed by atoms with Crippen LogP contribution in [0, 0.1) is 5.82 Å². The molecule has 2 aromatic heterocycles. The average Bonchev–Trinajstić information content (AvgIpc) is 2.67. The van der Waals surface area contributed by atoms with Crippen LogP contribution in [0.15, 0.2) is 59.5 Å². The van der Waals surface area contributed by atoms with Gasteiger partial charge in [0.1, 0.15) is 17.3 Å². The number of nitrogens with one attached hydrogen (secondary N) is 2. The molecule has 1 amide bonds. The highest BCUT2D eigenvalue weighted by molar-refractivity contribution is 5.92. The van der Waals surface area contributed by atoms with Crippen LogP contribution in [0.3, 0.4) is 0 Å². The molecule has 148 valence electrons. The van der Waals surface area contributed by atoms with Crippen molar-refractivity contribution in [2.75, 3.05) is 0 Å². The summed E-state index contributed by atoms with van der Waals surface area (Å²) in [4.78, 5) is 36.3. The predicted molar refractivity (Wildman–Crippen MR) is 106 cm³/mol. The number of rotatable bonds is 6. The molecule has 1 aromatic carbocycles. The Labute approximate surface area is 167 Å². The first-order valence-electron chi connectivity index (χ1n) is 9.66. The van der Waals surface area contributed by atoms with Gasteiger partial charge in [-0.3, -0.25) is 14.6 Å². The van der Waals surface area contributed by atoms with Crippen molar-refractivity contribution in [3.63, 3.8) is 0 Å². The number of H-pyrrole nitrogens is 1. The van der Waals surface area contributed by atoms with E-state index in [0.717, 1.165) is 24.8 Å². The van der Waals surface area contributed by atoms with Gasteiger partial charge in [-0.2, -0.15) is 0 Å². The van der Waals surface area contributed by atoms with Gasteiger partial charge in [-0.15, -0.1) is 0 Å². The molecule has 1 saturated carbocycles. The second kappa shape index (κ2) is 8.34. The van der Waals surface area contributed by atoms with E-state index in [1.54, 1.807) is 36.5 Å². The third-order valence-corrected chi connectivity index (χ3v) is 5.19. The second-order valence-corrected chi connectivity index (χ2v) is 7.25. The molecule has 1 aliphatic carbocycles. The average molecular weight is 392 g/mol. The standard InChI is InChI=1S/C22H21FN4O2/c23-16-9-7-14(8-10-16)19(26-22(29)18-6-1-2-11-24-18)12-17-13-20(28)27-21(25-17)15-4-3-5-15/h1-2,6-11,13,15,19H,3-5,12H2,(H,26,29)(H,25,27,28). The molecule has 0 spiro atoms. The highest BCUT2D eigenvalue weighted by Gasteiger charge is 2.23. The maximum absolute atomic E-state index is 13.4. The number of halogens is 1.